The van der Waals surface area contributed by atoms with Crippen LogP contribution in [0.4, 0.5) is 0 Å². The highest BCUT2D eigenvalue weighted by molar-refractivity contribution is 6.31. The van der Waals surface area contributed by atoms with E-state index < -0.39 is 0 Å². The zero-order chi connectivity index (χ0) is 18.2. The van der Waals surface area contributed by atoms with Gasteiger partial charge in [-0.05, 0) is 41.5 Å². The van der Waals surface area contributed by atoms with E-state index >= 15 is 0 Å². The number of benzene rings is 2. The van der Waals surface area contributed by atoms with E-state index in [1.54, 1.807) is 18.3 Å². The fourth-order valence-corrected chi connectivity index (χ4v) is 2.70. The molecule has 0 aliphatic heterocycles. The van der Waals surface area contributed by atoms with Gasteiger partial charge in [0.25, 0.3) is 5.91 Å². The highest BCUT2D eigenvalue weighted by Gasteiger charge is 2.12. The maximum absolute atomic E-state index is 12.8. The number of nitrogens with zero attached hydrogens (tertiary/aromatic N) is 1. The Bertz CT molecular complexity index is 875. The van der Waals surface area contributed by atoms with Crippen LogP contribution >= 0.6 is 11.6 Å². The number of rotatable bonds is 6. The van der Waals surface area contributed by atoms with Gasteiger partial charge in [0.05, 0.1) is 0 Å². The molecule has 0 saturated heterocycles. The topological polar surface area (TPSA) is 42.0 Å². The van der Waals surface area contributed by atoms with Crippen molar-refractivity contribution < 1.29 is 4.79 Å². The molecule has 1 aromatic heterocycles. The molecule has 1 N–H and O–H groups in total. The highest BCUT2D eigenvalue weighted by atomic mass is 35.5. The molecule has 0 unspecified atom stereocenters. The molecule has 3 aromatic rings. The second-order valence-corrected chi connectivity index (χ2v) is 6.24. The van der Waals surface area contributed by atoms with Crippen molar-refractivity contribution in [3.05, 3.63) is 101 Å². The van der Waals surface area contributed by atoms with Crippen LogP contribution < -0.4 is 5.32 Å². The molecule has 0 aliphatic rings. The third-order valence-electron chi connectivity index (χ3n) is 3.90. The Hall–Kier alpha value is -2.91. The molecule has 130 valence electrons. The Morgan fingerprint density at radius 3 is 2.38 bits per heavy atom. The summed E-state index contributed by atoms with van der Waals surface area (Å²) >= 11 is 5.98. The second-order valence-electron chi connectivity index (χ2n) is 5.80. The molecule has 2 aromatic carbocycles. The average Bonchev–Trinajstić information content (AvgIpc) is 2.68. The SMILES string of the molecule is O=C(NCCc1ccccn1)/C(=C/c1ccccc1)c1ccc(Cl)cc1. The van der Waals surface area contributed by atoms with Gasteiger partial charge in [0.1, 0.15) is 0 Å². The molecule has 1 heterocycles. The molecule has 3 nitrogen and oxygen atoms in total. The van der Waals surface area contributed by atoms with Gasteiger partial charge in [0, 0.05) is 35.5 Å². The maximum Gasteiger partial charge on any atom is 0.251 e. The van der Waals surface area contributed by atoms with Gasteiger partial charge in [-0.15, -0.1) is 0 Å². The standard InChI is InChI=1S/C22H19ClN2O/c23-19-11-9-18(10-12-19)21(16-17-6-2-1-3-7-17)22(26)25-15-13-20-8-4-5-14-24-20/h1-12,14,16H,13,15H2,(H,25,26)/b21-16+. The van der Waals surface area contributed by atoms with Gasteiger partial charge in [0.15, 0.2) is 0 Å². The number of aromatic nitrogens is 1. The van der Waals surface area contributed by atoms with Gasteiger partial charge in [-0.3, -0.25) is 9.78 Å². The summed E-state index contributed by atoms with van der Waals surface area (Å²) in [7, 11) is 0. The third kappa shape index (κ3) is 5.04. The second kappa shape index (κ2) is 8.97. The van der Waals surface area contributed by atoms with Crippen LogP contribution in [0.1, 0.15) is 16.8 Å². The molecular formula is C22H19ClN2O. The molecule has 0 bridgehead atoms. The lowest BCUT2D eigenvalue weighted by Crippen LogP contribution is -2.26. The van der Waals surface area contributed by atoms with Gasteiger partial charge < -0.3 is 5.32 Å². The summed E-state index contributed by atoms with van der Waals surface area (Å²) in [5.41, 5.74) is 3.35. The first-order valence-electron chi connectivity index (χ1n) is 8.43. The lowest BCUT2D eigenvalue weighted by molar-refractivity contribution is -0.115. The van der Waals surface area contributed by atoms with E-state index in [1.165, 1.54) is 0 Å². The lowest BCUT2D eigenvalue weighted by Gasteiger charge is -2.10. The van der Waals surface area contributed by atoms with Crippen LogP contribution in [-0.2, 0) is 11.2 Å². The van der Waals surface area contributed by atoms with Crippen LogP contribution in [0.2, 0.25) is 5.02 Å². The Labute approximate surface area is 158 Å². The quantitative estimate of drug-likeness (QED) is 0.513. The molecule has 26 heavy (non-hydrogen) atoms. The number of halogens is 1. The Morgan fingerprint density at radius 1 is 0.962 bits per heavy atom. The van der Waals surface area contributed by atoms with Crippen molar-refractivity contribution in [3.63, 3.8) is 0 Å². The Kier molecular flexibility index (Phi) is 6.18. The van der Waals surface area contributed by atoms with Crippen molar-refractivity contribution >= 4 is 29.2 Å². The third-order valence-corrected chi connectivity index (χ3v) is 4.16. The maximum atomic E-state index is 12.8. The van der Waals surface area contributed by atoms with Gasteiger partial charge in [-0.2, -0.15) is 0 Å². The summed E-state index contributed by atoms with van der Waals surface area (Å²) in [6.45, 7) is 0.523. The average molecular weight is 363 g/mol. The number of amides is 1. The number of hydrogen-bond acceptors (Lipinski definition) is 2. The van der Waals surface area contributed by atoms with E-state index in [4.69, 9.17) is 11.6 Å². The van der Waals surface area contributed by atoms with Crippen molar-refractivity contribution in [1.82, 2.24) is 10.3 Å². The van der Waals surface area contributed by atoms with Crippen LogP contribution in [-0.4, -0.2) is 17.4 Å². The number of pyridine rings is 1. The first-order valence-corrected chi connectivity index (χ1v) is 8.81. The zero-order valence-electron chi connectivity index (χ0n) is 14.2. The van der Waals surface area contributed by atoms with Crippen LogP contribution in [0, 0.1) is 0 Å². The molecule has 0 atom stereocenters. The smallest absolute Gasteiger partial charge is 0.251 e. The van der Waals surface area contributed by atoms with Crippen molar-refractivity contribution in [2.24, 2.45) is 0 Å². The van der Waals surface area contributed by atoms with E-state index in [0.717, 1.165) is 16.8 Å². The number of hydrogen-bond donors (Lipinski definition) is 1. The first-order chi connectivity index (χ1) is 12.7. The minimum atomic E-state index is -0.118. The number of carbonyl (C=O) groups excluding carboxylic acids is 1. The van der Waals surface area contributed by atoms with E-state index in [2.05, 4.69) is 10.3 Å². The first kappa shape index (κ1) is 17.9. The monoisotopic (exact) mass is 362 g/mol. The van der Waals surface area contributed by atoms with E-state index in [1.807, 2.05) is 66.7 Å². The number of carbonyl (C=O) groups is 1. The summed E-state index contributed by atoms with van der Waals surface area (Å²) in [6.07, 6.45) is 4.33. The van der Waals surface area contributed by atoms with Gasteiger partial charge in [0.2, 0.25) is 0 Å². The minimum absolute atomic E-state index is 0.118. The van der Waals surface area contributed by atoms with Gasteiger partial charge in [-0.1, -0.05) is 60.1 Å². The van der Waals surface area contributed by atoms with Crippen molar-refractivity contribution in [2.45, 2.75) is 6.42 Å². The molecule has 0 spiro atoms. The normalized spacial score (nSPS) is 11.2. The zero-order valence-corrected chi connectivity index (χ0v) is 15.0. The summed E-state index contributed by atoms with van der Waals surface area (Å²) in [4.78, 5) is 17.1. The Balaban J connectivity index is 1.77. The minimum Gasteiger partial charge on any atom is -0.352 e. The molecule has 0 fully saturated rings. The molecule has 0 aliphatic carbocycles. The fourth-order valence-electron chi connectivity index (χ4n) is 2.57. The van der Waals surface area contributed by atoms with E-state index in [9.17, 15) is 4.79 Å². The summed E-state index contributed by atoms with van der Waals surface area (Å²) in [6, 6.07) is 22.8. The molecule has 4 heteroatoms. The highest BCUT2D eigenvalue weighted by Crippen LogP contribution is 2.21. The summed E-state index contributed by atoms with van der Waals surface area (Å²) in [5.74, 6) is -0.118. The summed E-state index contributed by atoms with van der Waals surface area (Å²) in [5, 5.41) is 3.63. The van der Waals surface area contributed by atoms with Crippen molar-refractivity contribution in [3.8, 4) is 0 Å². The molecule has 3 rings (SSSR count). The van der Waals surface area contributed by atoms with E-state index in [-0.39, 0.29) is 5.91 Å². The van der Waals surface area contributed by atoms with E-state index in [0.29, 0.717) is 23.6 Å². The van der Waals surface area contributed by atoms with Crippen LogP contribution in [0.15, 0.2) is 79.0 Å². The van der Waals surface area contributed by atoms with Crippen LogP contribution in [0.3, 0.4) is 0 Å². The Morgan fingerprint density at radius 2 is 1.69 bits per heavy atom. The molecular weight excluding hydrogens is 344 g/mol. The number of nitrogens with one attached hydrogen (secondary N) is 1. The van der Waals surface area contributed by atoms with Crippen molar-refractivity contribution in [2.75, 3.05) is 6.54 Å². The molecule has 1 amide bonds. The molecule has 0 radical (unpaired) electrons. The summed E-state index contributed by atoms with van der Waals surface area (Å²) < 4.78 is 0. The van der Waals surface area contributed by atoms with Gasteiger partial charge >= 0.3 is 0 Å². The molecule has 0 saturated carbocycles. The predicted molar refractivity (Wildman–Crippen MR) is 107 cm³/mol. The predicted octanol–water partition coefficient (Wildman–Crippen LogP) is 4.63. The van der Waals surface area contributed by atoms with Crippen LogP contribution in [0.25, 0.3) is 11.6 Å². The fraction of sp³-hybridized carbons (Fsp3) is 0.0909. The lowest BCUT2D eigenvalue weighted by atomic mass is 10.0. The van der Waals surface area contributed by atoms with Crippen molar-refractivity contribution in [1.29, 1.82) is 0 Å². The largest absolute Gasteiger partial charge is 0.352 e. The van der Waals surface area contributed by atoms with Crippen LogP contribution in [0.5, 0.6) is 0 Å². The van der Waals surface area contributed by atoms with Gasteiger partial charge in [-0.25, -0.2) is 0 Å².